The summed E-state index contributed by atoms with van der Waals surface area (Å²) in [4.78, 5) is 26.9. The first kappa shape index (κ1) is 15.3. The van der Waals surface area contributed by atoms with E-state index in [1.807, 2.05) is 11.9 Å². The molecular formula is C15H26N2O3. The van der Waals surface area contributed by atoms with Crippen LogP contribution in [-0.4, -0.2) is 59.5 Å². The predicted octanol–water partition coefficient (Wildman–Crippen LogP) is 1.57. The van der Waals surface area contributed by atoms with E-state index in [9.17, 15) is 9.59 Å². The van der Waals surface area contributed by atoms with Crippen molar-refractivity contribution < 1.29 is 14.7 Å². The van der Waals surface area contributed by atoms with E-state index in [0.717, 1.165) is 19.4 Å². The minimum absolute atomic E-state index is 0.0931. The van der Waals surface area contributed by atoms with Gasteiger partial charge < -0.3 is 10.0 Å². The lowest BCUT2D eigenvalue weighted by molar-refractivity contribution is -0.140. The number of rotatable bonds is 5. The molecule has 0 aromatic carbocycles. The van der Waals surface area contributed by atoms with E-state index in [1.54, 1.807) is 0 Å². The molecule has 114 valence electrons. The average Bonchev–Trinajstić information content (AvgIpc) is 2.44. The highest BCUT2D eigenvalue weighted by molar-refractivity contribution is 5.78. The molecule has 2 atom stereocenters. The zero-order valence-electron chi connectivity index (χ0n) is 12.4. The number of nitrogens with zero attached hydrogens (tertiary/aromatic N) is 2. The van der Waals surface area contributed by atoms with E-state index >= 15 is 0 Å². The topological polar surface area (TPSA) is 60.9 Å². The molecule has 0 unspecified atom stereocenters. The Morgan fingerprint density at radius 1 is 1.20 bits per heavy atom. The summed E-state index contributed by atoms with van der Waals surface area (Å²) in [5, 5.41) is 8.68. The van der Waals surface area contributed by atoms with Gasteiger partial charge in [0.2, 0.25) is 5.91 Å². The predicted molar refractivity (Wildman–Crippen MR) is 76.4 cm³/mol. The van der Waals surface area contributed by atoms with Gasteiger partial charge in [0.25, 0.3) is 0 Å². The van der Waals surface area contributed by atoms with Crippen molar-refractivity contribution in [3.05, 3.63) is 0 Å². The zero-order chi connectivity index (χ0) is 14.5. The standard InChI is InChI=1S/C15H26N2O3/c1-16(10-8-15(19)20)11-14(18)17-9-4-6-12-5-2-3-7-13(12)17/h12-13H,2-11H2,1H3,(H,19,20)/t12-,13-/m1/s1. The fraction of sp³-hybridized carbons (Fsp3) is 0.867. The summed E-state index contributed by atoms with van der Waals surface area (Å²) in [6.45, 7) is 1.66. The van der Waals surface area contributed by atoms with Crippen LogP contribution in [0.4, 0.5) is 0 Å². The molecule has 0 aromatic heterocycles. The van der Waals surface area contributed by atoms with Gasteiger partial charge >= 0.3 is 5.97 Å². The largest absolute Gasteiger partial charge is 0.481 e. The van der Waals surface area contributed by atoms with Gasteiger partial charge in [-0.1, -0.05) is 12.8 Å². The van der Waals surface area contributed by atoms with Crippen molar-refractivity contribution in [2.24, 2.45) is 5.92 Å². The zero-order valence-corrected chi connectivity index (χ0v) is 12.4. The summed E-state index contributed by atoms with van der Waals surface area (Å²) in [5.74, 6) is 0.0647. The molecule has 1 aliphatic carbocycles. The van der Waals surface area contributed by atoms with E-state index in [0.29, 0.717) is 25.0 Å². The number of carbonyl (C=O) groups is 2. The third-order valence-electron chi connectivity index (χ3n) is 4.68. The number of piperidine rings is 1. The van der Waals surface area contributed by atoms with Crippen LogP contribution in [0.3, 0.4) is 0 Å². The lowest BCUT2D eigenvalue weighted by atomic mass is 9.78. The van der Waals surface area contributed by atoms with E-state index in [2.05, 4.69) is 4.90 Å². The van der Waals surface area contributed by atoms with Gasteiger partial charge in [-0.15, -0.1) is 0 Å². The number of hydrogen-bond donors (Lipinski definition) is 1. The molecule has 0 radical (unpaired) electrons. The van der Waals surface area contributed by atoms with Gasteiger partial charge in [-0.2, -0.15) is 0 Å². The maximum atomic E-state index is 12.4. The van der Waals surface area contributed by atoms with Gasteiger partial charge in [0, 0.05) is 19.1 Å². The van der Waals surface area contributed by atoms with E-state index in [1.165, 1.54) is 25.7 Å². The van der Waals surface area contributed by atoms with Crippen LogP contribution >= 0.6 is 0 Å². The quantitative estimate of drug-likeness (QED) is 0.831. The molecule has 1 amide bonds. The van der Waals surface area contributed by atoms with Crippen LogP contribution in [0.2, 0.25) is 0 Å². The Morgan fingerprint density at radius 3 is 2.65 bits per heavy atom. The third-order valence-corrected chi connectivity index (χ3v) is 4.68. The van der Waals surface area contributed by atoms with Crippen molar-refractivity contribution in [2.45, 2.75) is 51.0 Å². The molecule has 2 rings (SSSR count). The summed E-state index contributed by atoms with van der Waals surface area (Å²) in [7, 11) is 1.82. The van der Waals surface area contributed by atoms with Gasteiger partial charge in [0.15, 0.2) is 0 Å². The van der Waals surface area contributed by atoms with Crippen LogP contribution in [0.25, 0.3) is 0 Å². The van der Waals surface area contributed by atoms with Crippen molar-refractivity contribution in [3.8, 4) is 0 Å². The van der Waals surface area contributed by atoms with Gasteiger partial charge in [-0.05, 0) is 38.6 Å². The summed E-state index contributed by atoms with van der Waals surface area (Å²) < 4.78 is 0. The molecular weight excluding hydrogens is 256 g/mol. The normalized spacial score (nSPS) is 26.4. The van der Waals surface area contributed by atoms with E-state index < -0.39 is 5.97 Å². The highest BCUT2D eigenvalue weighted by Gasteiger charge is 2.35. The van der Waals surface area contributed by atoms with Crippen LogP contribution in [0.1, 0.15) is 44.9 Å². The number of carboxylic acid groups (broad SMARTS) is 1. The molecule has 1 aliphatic heterocycles. The fourth-order valence-corrected chi connectivity index (χ4v) is 3.62. The Balaban J connectivity index is 1.85. The number of hydrogen-bond acceptors (Lipinski definition) is 3. The second kappa shape index (κ2) is 7.07. The third kappa shape index (κ3) is 3.95. The van der Waals surface area contributed by atoms with E-state index in [-0.39, 0.29) is 12.3 Å². The number of carbonyl (C=O) groups excluding carboxylic acids is 1. The first-order valence-electron chi connectivity index (χ1n) is 7.77. The first-order chi connectivity index (χ1) is 9.58. The number of likely N-dealkylation sites (N-methyl/N-ethyl adjacent to an activating group) is 1. The van der Waals surface area contributed by atoms with Gasteiger partial charge in [0.1, 0.15) is 0 Å². The molecule has 20 heavy (non-hydrogen) atoms. The Kier molecular flexibility index (Phi) is 5.40. The SMILES string of the molecule is CN(CCC(=O)O)CC(=O)N1CCC[C@H]2CCCC[C@H]21. The molecule has 0 bridgehead atoms. The van der Waals surface area contributed by atoms with Gasteiger partial charge in [0.05, 0.1) is 13.0 Å². The Labute approximate surface area is 120 Å². The average molecular weight is 282 g/mol. The molecule has 1 saturated heterocycles. The molecule has 0 aromatic rings. The molecule has 1 N–H and O–H groups in total. The second-order valence-electron chi connectivity index (χ2n) is 6.22. The Bertz CT molecular complexity index is 357. The van der Waals surface area contributed by atoms with Crippen molar-refractivity contribution in [1.29, 1.82) is 0 Å². The van der Waals surface area contributed by atoms with Crippen molar-refractivity contribution in [2.75, 3.05) is 26.7 Å². The lowest BCUT2D eigenvalue weighted by Crippen LogP contribution is -2.52. The maximum absolute atomic E-state index is 12.4. The molecule has 2 aliphatic rings. The molecule has 5 nitrogen and oxygen atoms in total. The van der Waals surface area contributed by atoms with Gasteiger partial charge in [-0.25, -0.2) is 0 Å². The minimum atomic E-state index is -0.811. The summed E-state index contributed by atoms with van der Waals surface area (Å²) in [5.41, 5.74) is 0. The van der Waals surface area contributed by atoms with Crippen molar-refractivity contribution >= 4 is 11.9 Å². The highest BCUT2D eigenvalue weighted by atomic mass is 16.4. The van der Waals surface area contributed by atoms with E-state index in [4.69, 9.17) is 5.11 Å². The molecule has 1 heterocycles. The van der Waals surface area contributed by atoms with Crippen LogP contribution in [0.5, 0.6) is 0 Å². The van der Waals surface area contributed by atoms with Crippen molar-refractivity contribution in [1.82, 2.24) is 9.80 Å². The van der Waals surface area contributed by atoms with Crippen LogP contribution in [0.15, 0.2) is 0 Å². The molecule has 2 fully saturated rings. The first-order valence-corrected chi connectivity index (χ1v) is 7.77. The second-order valence-corrected chi connectivity index (χ2v) is 6.22. The monoisotopic (exact) mass is 282 g/mol. The highest BCUT2D eigenvalue weighted by Crippen LogP contribution is 2.35. The summed E-state index contributed by atoms with van der Waals surface area (Å²) >= 11 is 0. The Morgan fingerprint density at radius 2 is 1.90 bits per heavy atom. The smallest absolute Gasteiger partial charge is 0.304 e. The number of carboxylic acids is 1. The number of likely N-dealkylation sites (tertiary alicyclic amines) is 1. The number of fused-ring (bicyclic) bond motifs is 1. The number of amides is 1. The van der Waals surface area contributed by atoms with Crippen LogP contribution < -0.4 is 0 Å². The minimum Gasteiger partial charge on any atom is -0.481 e. The molecule has 5 heteroatoms. The summed E-state index contributed by atoms with van der Waals surface area (Å²) in [6, 6.07) is 0.442. The Hall–Kier alpha value is -1.10. The fourth-order valence-electron chi connectivity index (χ4n) is 3.62. The maximum Gasteiger partial charge on any atom is 0.304 e. The van der Waals surface area contributed by atoms with Gasteiger partial charge in [-0.3, -0.25) is 14.5 Å². The summed E-state index contributed by atoms with van der Waals surface area (Å²) in [6.07, 6.45) is 7.44. The van der Waals surface area contributed by atoms with Crippen molar-refractivity contribution in [3.63, 3.8) is 0 Å². The van der Waals surface area contributed by atoms with Crippen LogP contribution in [0, 0.1) is 5.92 Å². The van der Waals surface area contributed by atoms with Crippen LogP contribution in [-0.2, 0) is 9.59 Å². The molecule has 0 spiro atoms. The lowest BCUT2D eigenvalue weighted by Gasteiger charge is -2.44. The molecule has 1 saturated carbocycles. The number of aliphatic carboxylic acids is 1.